The van der Waals surface area contributed by atoms with E-state index in [9.17, 15) is 33.4 Å². The first kappa shape index (κ1) is 21.0. The summed E-state index contributed by atoms with van der Waals surface area (Å²) in [6, 6.07) is 2.89. The number of benzene rings is 1. The number of hydrogen-bond donors (Lipinski definition) is 3. The number of nitrogens with one attached hydrogen (secondary N) is 1. The number of amides is 2. The Morgan fingerprint density at radius 2 is 2.06 bits per heavy atom. The van der Waals surface area contributed by atoms with Crippen LogP contribution in [0.1, 0.15) is 39.8 Å². The van der Waals surface area contributed by atoms with Gasteiger partial charge >= 0.3 is 0 Å². The number of nitrogens with zero attached hydrogens (tertiary/aromatic N) is 2. The minimum Gasteiger partial charge on any atom is -0.503 e. The number of carbonyl (C=O) groups is 2. The Kier molecular flexibility index (Phi) is 5.04. The number of aliphatic hydroxyl groups is 1. The quantitative estimate of drug-likeness (QED) is 0.650. The van der Waals surface area contributed by atoms with Gasteiger partial charge in [0.1, 0.15) is 17.2 Å². The van der Waals surface area contributed by atoms with Crippen LogP contribution in [-0.4, -0.2) is 51.2 Å². The Morgan fingerprint density at radius 3 is 2.68 bits per heavy atom. The lowest BCUT2D eigenvalue weighted by Crippen LogP contribution is -2.49. The molecular weight excluding hydrogens is 412 g/mol. The molecule has 8 nitrogen and oxygen atoms in total. The molecule has 0 saturated heterocycles. The summed E-state index contributed by atoms with van der Waals surface area (Å²) in [6.07, 6.45) is 1.73. The highest BCUT2D eigenvalue weighted by molar-refractivity contribution is 5.99. The first-order chi connectivity index (χ1) is 14.7. The molecule has 2 aromatic rings. The molecule has 1 fully saturated rings. The molecule has 2 aliphatic rings. The molecule has 4 rings (SSSR count). The van der Waals surface area contributed by atoms with Crippen LogP contribution < -0.4 is 10.7 Å². The van der Waals surface area contributed by atoms with E-state index in [-0.39, 0.29) is 36.9 Å². The molecule has 1 spiro atoms. The van der Waals surface area contributed by atoms with Crippen molar-refractivity contribution in [1.82, 2.24) is 14.8 Å². The number of halogens is 2. The van der Waals surface area contributed by atoms with E-state index in [4.69, 9.17) is 0 Å². The van der Waals surface area contributed by atoms with Gasteiger partial charge in [0, 0.05) is 50.0 Å². The lowest BCUT2D eigenvalue weighted by molar-refractivity contribution is 0.0630. The van der Waals surface area contributed by atoms with Crippen molar-refractivity contribution >= 4 is 11.8 Å². The summed E-state index contributed by atoms with van der Waals surface area (Å²) < 4.78 is 28.3. The lowest BCUT2D eigenvalue weighted by atomic mass is 10.0. The van der Waals surface area contributed by atoms with E-state index in [1.165, 1.54) is 21.7 Å². The molecule has 1 aliphatic carbocycles. The molecule has 0 bridgehead atoms. The maximum Gasteiger partial charge on any atom is 0.274 e. The molecule has 1 aliphatic heterocycles. The van der Waals surface area contributed by atoms with Crippen LogP contribution in [0, 0.1) is 17.6 Å². The van der Waals surface area contributed by atoms with E-state index >= 15 is 0 Å². The Hall–Kier alpha value is -3.27. The lowest BCUT2D eigenvalue weighted by Gasteiger charge is -2.37. The molecule has 0 radical (unpaired) electrons. The summed E-state index contributed by atoms with van der Waals surface area (Å²) in [7, 11) is 0. The number of hydrogen-bond acceptors (Lipinski definition) is 5. The summed E-state index contributed by atoms with van der Waals surface area (Å²) in [5, 5.41) is 22.5. The van der Waals surface area contributed by atoms with E-state index in [1.807, 2.05) is 0 Å². The zero-order valence-corrected chi connectivity index (χ0v) is 16.7. The van der Waals surface area contributed by atoms with Crippen molar-refractivity contribution in [2.45, 2.75) is 25.4 Å². The van der Waals surface area contributed by atoms with Gasteiger partial charge in [-0.05, 0) is 19.4 Å². The van der Waals surface area contributed by atoms with E-state index < -0.39 is 45.7 Å². The van der Waals surface area contributed by atoms with E-state index in [1.54, 1.807) is 6.92 Å². The second-order valence-corrected chi connectivity index (χ2v) is 7.86. The first-order valence-corrected chi connectivity index (χ1v) is 9.84. The number of fused-ring (bicyclic) bond motifs is 2. The predicted molar refractivity (Wildman–Crippen MR) is 105 cm³/mol. The minimum absolute atomic E-state index is 0.0183. The summed E-state index contributed by atoms with van der Waals surface area (Å²) in [5.74, 6) is -4.05. The van der Waals surface area contributed by atoms with Crippen molar-refractivity contribution in [2.75, 3.05) is 19.7 Å². The van der Waals surface area contributed by atoms with Gasteiger partial charge in [0.05, 0.1) is 5.54 Å². The molecule has 164 valence electrons. The van der Waals surface area contributed by atoms with E-state index in [0.29, 0.717) is 19.0 Å². The number of aromatic nitrogens is 1. The highest BCUT2D eigenvalue weighted by Crippen LogP contribution is 2.53. The van der Waals surface area contributed by atoms with Crippen molar-refractivity contribution in [2.24, 2.45) is 5.92 Å². The summed E-state index contributed by atoms with van der Waals surface area (Å²) in [4.78, 5) is 39.6. The Labute approximate surface area is 175 Å². The van der Waals surface area contributed by atoms with Gasteiger partial charge in [-0.3, -0.25) is 14.4 Å². The SMILES string of the molecule is CCN1C[C@@]2(C[C@@H]2CO)n2cc(C(=O)NCc3ccc(F)cc3F)c(=O)c(O)c2C1=O. The third-order valence-electron chi connectivity index (χ3n) is 6.12. The zero-order valence-electron chi connectivity index (χ0n) is 16.7. The fourth-order valence-electron chi connectivity index (χ4n) is 4.23. The van der Waals surface area contributed by atoms with Gasteiger partial charge in [-0.1, -0.05) is 6.07 Å². The molecule has 1 saturated carbocycles. The van der Waals surface area contributed by atoms with E-state index in [0.717, 1.165) is 6.07 Å². The van der Waals surface area contributed by atoms with Crippen LogP contribution in [0.15, 0.2) is 29.2 Å². The molecule has 0 unspecified atom stereocenters. The summed E-state index contributed by atoms with van der Waals surface area (Å²) in [5.41, 5.74) is -2.34. The summed E-state index contributed by atoms with van der Waals surface area (Å²) in [6.45, 7) is 1.95. The average molecular weight is 433 g/mol. The second-order valence-electron chi connectivity index (χ2n) is 7.86. The van der Waals surface area contributed by atoms with Crippen molar-refractivity contribution in [3.8, 4) is 5.75 Å². The molecule has 10 heteroatoms. The van der Waals surface area contributed by atoms with Gasteiger partial charge < -0.3 is 25.0 Å². The van der Waals surface area contributed by atoms with Crippen molar-refractivity contribution in [3.05, 3.63) is 63.1 Å². The Bertz CT molecular complexity index is 1150. The normalized spacial score (nSPS) is 21.9. The van der Waals surface area contributed by atoms with Gasteiger partial charge in [0.2, 0.25) is 5.43 Å². The minimum atomic E-state index is -1.02. The monoisotopic (exact) mass is 433 g/mol. The molecule has 31 heavy (non-hydrogen) atoms. The van der Waals surface area contributed by atoms with Gasteiger partial charge in [-0.15, -0.1) is 0 Å². The second kappa shape index (κ2) is 7.45. The molecule has 1 aromatic carbocycles. The molecule has 3 N–H and O–H groups in total. The average Bonchev–Trinajstić information content (AvgIpc) is 3.45. The maximum atomic E-state index is 13.8. The predicted octanol–water partition coefficient (Wildman–Crippen LogP) is 0.945. The van der Waals surface area contributed by atoms with Gasteiger partial charge in [-0.25, -0.2) is 8.78 Å². The number of aliphatic hydroxyl groups excluding tert-OH is 1. The van der Waals surface area contributed by atoms with E-state index in [2.05, 4.69) is 5.32 Å². The number of pyridine rings is 1. The molecule has 2 atom stereocenters. The van der Waals surface area contributed by atoms with Crippen LogP contribution in [0.3, 0.4) is 0 Å². The van der Waals surface area contributed by atoms with Crippen LogP contribution in [0.5, 0.6) is 5.75 Å². The Morgan fingerprint density at radius 1 is 1.32 bits per heavy atom. The van der Waals surface area contributed by atoms with Crippen molar-refractivity contribution in [1.29, 1.82) is 0 Å². The van der Waals surface area contributed by atoms with Crippen LogP contribution in [-0.2, 0) is 12.1 Å². The van der Waals surface area contributed by atoms with Crippen LogP contribution in [0.4, 0.5) is 8.78 Å². The van der Waals surface area contributed by atoms with Crippen molar-refractivity contribution in [3.63, 3.8) is 0 Å². The van der Waals surface area contributed by atoms with Gasteiger partial charge in [0.25, 0.3) is 11.8 Å². The maximum absolute atomic E-state index is 13.8. The van der Waals surface area contributed by atoms with Gasteiger partial charge in [-0.2, -0.15) is 0 Å². The van der Waals surface area contributed by atoms with Gasteiger partial charge in [0.15, 0.2) is 11.4 Å². The smallest absolute Gasteiger partial charge is 0.274 e. The highest BCUT2D eigenvalue weighted by Gasteiger charge is 2.60. The third kappa shape index (κ3) is 3.27. The molecule has 1 aromatic heterocycles. The molecule has 2 heterocycles. The number of rotatable bonds is 5. The third-order valence-corrected chi connectivity index (χ3v) is 6.12. The molecular formula is C21H21F2N3O5. The highest BCUT2D eigenvalue weighted by atomic mass is 19.1. The number of carbonyl (C=O) groups excluding carboxylic acids is 2. The number of likely N-dealkylation sites (N-methyl/N-ethyl adjacent to an activating group) is 1. The largest absolute Gasteiger partial charge is 0.503 e. The van der Waals surface area contributed by atoms with Crippen LogP contribution >= 0.6 is 0 Å². The number of aromatic hydroxyl groups is 1. The van der Waals surface area contributed by atoms with Crippen LogP contribution in [0.2, 0.25) is 0 Å². The standard InChI is InChI=1S/C21H21F2N3O5/c1-2-25-10-21(6-12(21)9-27)26-8-14(17(28)18(29)16(26)20(25)31)19(30)24-7-11-3-4-13(22)5-15(11)23/h3-5,8,12,27,29H,2,6-7,9-10H2,1H3,(H,24,30)/t12-,21-/m1/s1. The summed E-state index contributed by atoms with van der Waals surface area (Å²) >= 11 is 0. The van der Waals surface area contributed by atoms with Crippen molar-refractivity contribution < 1.29 is 28.6 Å². The fourth-order valence-corrected chi connectivity index (χ4v) is 4.23. The molecule has 2 amide bonds. The zero-order chi connectivity index (χ0) is 22.5. The first-order valence-electron chi connectivity index (χ1n) is 9.84. The fraction of sp³-hybridized carbons (Fsp3) is 0.381. The Balaban J connectivity index is 1.70. The van der Waals surface area contributed by atoms with Crippen LogP contribution in [0.25, 0.3) is 0 Å². The topological polar surface area (TPSA) is 112 Å².